The first-order valence-corrected chi connectivity index (χ1v) is 46.5. The molecule has 0 aromatic heterocycles. The van der Waals surface area contributed by atoms with Gasteiger partial charge in [-0.3, -0.25) is 32.5 Å². The molecule has 0 aliphatic heterocycles. The van der Waals surface area contributed by atoms with Gasteiger partial charge in [-0.25, -0.2) is 9.13 Å². The Bertz CT molecular complexity index is 2510. The number of aliphatic hydroxyl groups is 2. The van der Waals surface area contributed by atoms with Crippen LogP contribution in [0.4, 0.5) is 0 Å². The van der Waals surface area contributed by atoms with E-state index in [-0.39, 0.29) is 19.3 Å². The maximum absolute atomic E-state index is 13.0. The maximum atomic E-state index is 13.0. The lowest BCUT2D eigenvalue weighted by Gasteiger charge is -2.21. The summed E-state index contributed by atoms with van der Waals surface area (Å²) in [6.45, 7) is 2.49. The molecule has 5 unspecified atom stereocenters. The Morgan fingerprint density at radius 1 is 0.266 bits per heavy atom. The Morgan fingerprint density at radius 3 is 0.771 bits per heavy atom. The van der Waals surface area contributed by atoms with Crippen LogP contribution in [0, 0.1) is 0 Å². The minimum absolute atomic E-state index is 0.103. The zero-order valence-corrected chi connectivity index (χ0v) is 70.7. The molecule has 4 N–H and O–H groups in total. The number of carbonyl (C=O) groups is 3. The van der Waals surface area contributed by atoms with E-state index in [1.54, 1.807) is 0 Å². The molecule has 0 heterocycles. The lowest BCUT2D eigenvalue weighted by Crippen LogP contribution is -2.30. The van der Waals surface area contributed by atoms with Gasteiger partial charge in [0, 0.05) is 19.3 Å². The molecule has 628 valence electrons. The molecule has 0 aromatic rings. The topological polar surface area (TPSA) is 231 Å². The second kappa shape index (κ2) is 83.1. The number of rotatable bonds is 82. The smallest absolute Gasteiger partial charge is 0.463 e. The second-order valence-electron chi connectivity index (χ2n) is 28.9. The van der Waals surface area contributed by atoms with E-state index >= 15 is 0 Å². The first-order valence-electron chi connectivity index (χ1n) is 43.5. The molecule has 0 spiro atoms. The van der Waals surface area contributed by atoms with E-state index in [0.29, 0.717) is 19.3 Å². The summed E-state index contributed by atoms with van der Waals surface area (Å²) in [6, 6.07) is 0. The van der Waals surface area contributed by atoms with E-state index < -0.39 is 91.5 Å². The van der Waals surface area contributed by atoms with Crippen LogP contribution in [0.5, 0.6) is 0 Å². The fourth-order valence-electron chi connectivity index (χ4n) is 11.8. The fraction of sp³-hybridized carbons (Fsp3) is 0.725. The largest absolute Gasteiger partial charge is 0.472 e. The van der Waals surface area contributed by atoms with Crippen LogP contribution in [0.3, 0.4) is 0 Å². The third-order valence-electron chi connectivity index (χ3n) is 18.4. The van der Waals surface area contributed by atoms with Crippen molar-refractivity contribution in [2.24, 2.45) is 0 Å². The van der Waals surface area contributed by atoms with E-state index in [2.05, 4.69) is 154 Å². The molecule has 0 aliphatic rings. The molecule has 0 aliphatic carbocycles. The number of carbonyl (C=O) groups excluding carboxylic acids is 3. The van der Waals surface area contributed by atoms with Crippen LogP contribution in [-0.2, 0) is 55.8 Å². The number of ether oxygens (including phenoxy) is 3. The summed E-state index contributed by atoms with van der Waals surface area (Å²) in [6.07, 6.45) is 102. The Kier molecular flexibility index (Phi) is 79.8. The molecule has 0 fully saturated rings. The number of phosphoric acid groups is 2. The van der Waals surface area contributed by atoms with Crippen molar-refractivity contribution in [1.29, 1.82) is 0 Å². The average Bonchev–Trinajstić information content (AvgIpc) is 0.904. The van der Waals surface area contributed by atoms with Crippen LogP contribution in [0.15, 0.2) is 134 Å². The van der Waals surface area contributed by atoms with E-state index in [0.717, 1.165) is 154 Å². The van der Waals surface area contributed by atoms with Crippen molar-refractivity contribution in [3.05, 3.63) is 134 Å². The van der Waals surface area contributed by atoms with Gasteiger partial charge in [-0.15, -0.1) is 0 Å². The van der Waals surface area contributed by atoms with Crippen LogP contribution in [0.25, 0.3) is 0 Å². The molecule has 0 rings (SSSR count). The van der Waals surface area contributed by atoms with Gasteiger partial charge >= 0.3 is 33.6 Å². The minimum Gasteiger partial charge on any atom is -0.463 e. The van der Waals surface area contributed by atoms with Gasteiger partial charge in [-0.2, -0.15) is 0 Å². The number of phosphoric ester groups is 2. The van der Waals surface area contributed by atoms with Gasteiger partial charge in [0.25, 0.3) is 0 Å². The zero-order valence-electron chi connectivity index (χ0n) is 68.9. The normalized spacial score (nSPS) is 14.5. The SMILES string of the molecule is CC/C=C\C/C=C\C/C=C\C/C=C\C/C=C\C/C=C\CCCCCCCCC(=O)OCC(COP(=O)(O)OCC(O)COP(=O)(O)OCC(O)COC(=O)CCCCCCCCCCCCCCCCCCC/C=C\C/C=C\C/C=C\C/C=C\C/C=C\CC)OC(=O)CCCCCCCCCCCCCCCCC. The fourth-order valence-corrected chi connectivity index (χ4v) is 13.4. The molecule has 0 bridgehead atoms. The van der Waals surface area contributed by atoms with Crippen LogP contribution in [0.1, 0.15) is 367 Å². The molecule has 18 heteroatoms. The van der Waals surface area contributed by atoms with E-state index in [4.69, 9.17) is 32.3 Å². The van der Waals surface area contributed by atoms with Gasteiger partial charge in [-0.1, -0.05) is 366 Å². The van der Waals surface area contributed by atoms with Gasteiger partial charge in [0.05, 0.1) is 26.4 Å². The van der Waals surface area contributed by atoms with Crippen LogP contribution in [-0.4, -0.2) is 95.9 Å². The van der Waals surface area contributed by atoms with Crippen molar-refractivity contribution >= 4 is 33.6 Å². The summed E-state index contributed by atoms with van der Waals surface area (Å²) in [7, 11) is -9.80. The molecular weight excluding hydrogens is 1410 g/mol. The summed E-state index contributed by atoms with van der Waals surface area (Å²) in [5.74, 6) is -1.58. The lowest BCUT2D eigenvalue weighted by molar-refractivity contribution is -0.161. The molecule has 0 aromatic carbocycles. The Balaban J connectivity index is 4.47. The van der Waals surface area contributed by atoms with Gasteiger partial charge in [0.1, 0.15) is 25.4 Å². The highest BCUT2D eigenvalue weighted by atomic mass is 31.2. The molecule has 0 saturated heterocycles. The van der Waals surface area contributed by atoms with E-state index in [1.165, 1.54) is 154 Å². The lowest BCUT2D eigenvalue weighted by atomic mass is 10.0. The molecular formula is C91H158O16P2. The molecule has 0 radical (unpaired) electrons. The van der Waals surface area contributed by atoms with E-state index in [9.17, 15) is 43.5 Å². The van der Waals surface area contributed by atoms with E-state index in [1.807, 2.05) is 0 Å². The Morgan fingerprint density at radius 2 is 0.486 bits per heavy atom. The minimum atomic E-state index is -4.94. The number of hydrogen-bond acceptors (Lipinski definition) is 14. The summed E-state index contributed by atoms with van der Waals surface area (Å²) in [5, 5.41) is 20.7. The molecule has 0 amide bonds. The number of aliphatic hydroxyl groups excluding tert-OH is 2. The van der Waals surface area contributed by atoms with Crippen molar-refractivity contribution in [2.75, 3.05) is 39.6 Å². The first kappa shape index (κ1) is 105. The van der Waals surface area contributed by atoms with Gasteiger partial charge < -0.3 is 34.2 Å². The Labute approximate surface area is 665 Å². The van der Waals surface area contributed by atoms with Gasteiger partial charge in [0.15, 0.2) is 6.10 Å². The zero-order chi connectivity index (χ0) is 79.4. The van der Waals surface area contributed by atoms with Gasteiger partial charge in [0.2, 0.25) is 0 Å². The number of allylic oxidation sites excluding steroid dienone is 22. The highest BCUT2D eigenvalue weighted by Gasteiger charge is 2.29. The molecule has 5 atom stereocenters. The molecule has 0 saturated carbocycles. The van der Waals surface area contributed by atoms with Crippen molar-refractivity contribution in [3.8, 4) is 0 Å². The summed E-state index contributed by atoms with van der Waals surface area (Å²) in [5.41, 5.74) is 0. The number of unbranched alkanes of at least 4 members (excludes halogenated alkanes) is 37. The van der Waals surface area contributed by atoms with Crippen molar-refractivity contribution in [1.82, 2.24) is 0 Å². The quantitative estimate of drug-likeness (QED) is 0.0146. The Hall–Kier alpha value is -4.31. The average molecular weight is 1570 g/mol. The van der Waals surface area contributed by atoms with Crippen LogP contribution in [0.2, 0.25) is 0 Å². The third kappa shape index (κ3) is 84.4. The number of hydrogen-bond donors (Lipinski definition) is 4. The van der Waals surface area contributed by atoms with Crippen molar-refractivity contribution in [3.63, 3.8) is 0 Å². The van der Waals surface area contributed by atoms with Crippen LogP contribution >= 0.6 is 15.6 Å². The molecule has 109 heavy (non-hydrogen) atoms. The summed E-state index contributed by atoms with van der Waals surface area (Å²) >= 11 is 0. The monoisotopic (exact) mass is 1570 g/mol. The standard InChI is InChI=1S/C91H158O16P2/c1-4-7-10-13-16-19-22-25-28-30-32-34-36-38-39-40-41-42-43-44-45-47-49-50-52-54-57-59-62-65-68-71-74-77-89(94)101-80-86(92)81-103-108(97,98)104-82-87(93)83-105-109(99,100)106-85-88(107-91(96)79-76-73-70-67-64-61-56-27-24-21-18-15-12-9-6-3)84-102-90(95)78-75-72-69-66-63-60-58-55-53-51-48-46-37-35-33-31-29-26-23-20-17-14-11-8-5-2/h7-8,10-11,16-17,19-20,25-26,28-29,32-35,38-39,46,48,53,55,86-88,92-93H,4-6,9,12-15,18,21-24,27,30-31,36-37,40-45,47,49-52,54,56-85H2,1-3H3,(H,97,98)(H,99,100)/b10-7-,11-8-,19-16-,20-17-,28-25-,29-26-,34-32-,35-33-,39-38-,48-46-,55-53-. The summed E-state index contributed by atoms with van der Waals surface area (Å²) < 4.78 is 61.3. The predicted molar refractivity (Wildman–Crippen MR) is 454 cm³/mol. The second-order valence-corrected chi connectivity index (χ2v) is 31.8. The first-order chi connectivity index (χ1) is 53.2. The predicted octanol–water partition coefficient (Wildman–Crippen LogP) is 26.2. The number of esters is 3. The summed E-state index contributed by atoms with van der Waals surface area (Å²) in [4.78, 5) is 58.8. The molecule has 16 nitrogen and oxygen atoms in total. The van der Waals surface area contributed by atoms with Gasteiger partial charge in [-0.05, 0) is 116 Å². The highest BCUT2D eigenvalue weighted by molar-refractivity contribution is 7.47. The van der Waals surface area contributed by atoms with Crippen molar-refractivity contribution in [2.45, 2.75) is 386 Å². The van der Waals surface area contributed by atoms with Crippen molar-refractivity contribution < 1.29 is 75.8 Å². The highest BCUT2D eigenvalue weighted by Crippen LogP contribution is 2.45. The third-order valence-corrected chi connectivity index (χ3v) is 20.3. The maximum Gasteiger partial charge on any atom is 0.472 e. The van der Waals surface area contributed by atoms with Crippen LogP contribution < -0.4 is 0 Å².